The molecule has 0 atom stereocenters. The molecule has 6 nitrogen and oxygen atoms in total. The number of rotatable bonds is 5. The first kappa shape index (κ1) is 12.1. The number of aromatic nitrogens is 2. The topological polar surface area (TPSA) is 81.4 Å². The van der Waals surface area contributed by atoms with Crippen LogP contribution < -0.4 is 0 Å². The van der Waals surface area contributed by atoms with E-state index in [-0.39, 0.29) is 25.1 Å². The van der Waals surface area contributed by atoms with Gasteiger partial charge in [-0.05, 0) is 6.92 Å². The first-order chi connectivity index (χ1) is 7.70. The lowest BCUT2D eigenvalue weighted by molar-refractivity contribution is -0.148. The van der Waals surface area contributed by atoms with Crippen LogP contribution in [0.5, 0.6) is 0 Å². The fourth-order valence-corrected chi connectivity index (χ4v) is 1.28. The minimum atomic E-state index is -0.729. The predicted octanol–water partition coefficient (Wildman–Crippen LogP) is 0.196. The van der Waals surface area contributed by atoms with Gasteiger partial charge in [0.25, 0.3) is 0 Å². The minimum absolute atomic E-state index is 0.0797. The van der Waals surface area contributed by atoms with Crippen molar-refractivity contribution in [3.8, 4) is 0 Å². The third kappa shape index (κ3) is 2.77. The van der Waals surface area contributed by atoms with E-state index in [0.717, 1.165) is 0 Å². The number of nitrogens with zero attached hydrogens (tertiary/aromatic N) is 2. The highest BCUT2D eigenvalue weighted by atomic mass is 16.6. The highest BCUT2D eigenvalue weighted by Gasteiger charge is 2.13. The highest BCUT2D eigenvalue weighted by Crippen LogP contribution is 2.15. The number of ether oxygens (including phenoxy) is 1. The van der Waals surface area contributed by atoms with Crippen molar-refractivity contribution in [3.63, 3.8) is 0 Å². The largest absolute Gasteiger partial charge is 0.396 e. The molecule has 0 aliphatic carbocycles. The summed E-state index contributed by atoms with van der Waals surface area (Å²) in [6, 6.07) is 0. The van der Waals surface area contributed by atoms with Gasteiger partial charge in [-0.15, -0.1) is 0 Å². The van der Waals surface area contributed by atoms with E-state index < -0.39 is 5.97 Å². The van der Waals surface area contributed by atoms with Gasteiger partial charge in [0.1, 0.15) is 0 Å². The molecule has 0 radical (unpaired) electrons. The fraction of sp³-hybridized carbons (Fsp3) is 0.300. The molecule has 0 aromatic carbocycles. The normalized spacial score (nSPS) is 11.9. The average molecular weight is 224 g/mol. The third-order valence-corrected chi connectivity index (χ3v) is 2.06. The van der Waals surface area contributed by atoms with Crippen molar-refractivity contribution < 1.29 is 19.4 Å². The van der Waals surface area contributed by atoms with Crippen LogP contribution in [0, 0.1) is 0 Å². The lowest BCUT2D eigenvalue weighted by Gasteiger charge is -2.10. The molecule has 1 rings (SSSR count). The lowest BCUT2D eigenvalue weighted by Crippen LogP contribution is -2.10. The number of aliphatic hydroxyl groups excluding tert-OH is 1. The van der Waals surface area contributed by atoms with Crippen molar-refractivity contribution >= 4 is 18.1 Å². The van der Waals surface area contributed by atoms with E-state index >= 15 is 0 Å². The molecule has 1 N–H and O–H groups in total. The summed E-state index contributed by atoms with van der Waals surface area (Å²) in [5.74, 6) is -0.729. The summed E-state index contributed by atoms with van der Waals surface area (Å²) in [6.07, 6.45) is 4.97. The Bertz CT molecular complexity index is 395. The molecule has 0 spiro atoms. The minimum Gasteiger partial charge on any atom is -0.396 e. The number of esters is 1. The smallest absolute Gasteiger partial charge is 0.342 e. The Balaban J connectivity index is 3.04. The summed E-state index contributed by atoms with van der Waals surface area (Å²) >= 11 is 0. The van der Waals surface area contributed by atoms with Crippen LogP contribution >= 0.6 is 0 Å². The zero-order valence-electron chi connectivity index (χ0n) is 8.79. The van der Waals surface area contributed by atoms with Crippen molar-refractivity contribution in [2.75, 3.05) is 6.61 Å². The highest BCUT2D eigenvalue weighted by molar-refractivity contribution is 5.96. The first-order valence-electron chi connectivity index (χ1n) is 4.64. The van der Waals surface area contributed by atoms with Crippen LogP contribution in [0.4, 0.5) is 0 Å². The van der Waals surface area contributed by atoms with E-state index in [2.05, 4.69) is 9.72 Å². The zero-order chi connectivity index (χ0) is 12.0. The average Bonchev–Trinajstić information content (AvgIpc) is 2.78. The van der Waals surface area contributed by atoms with Crippen molar-refractivity contribution in [2.24, 2.45) is 0 Å². The fourth-order valence-electron chi connectivity index (χ4n) is 1.28. The monoisotopic (exact) mass is 224 g/mol. The van der Waals surface area contributed by atoms with E-state index in [9.17, 15) is 9.59 Å². The summed E-state index contributed by atoms with van der Waals surface area (Å²) in [4.78, 5) is 25.2. The van der Waals surface area contributed by atoms with Gasteiger partial charge in [-0.2, -0.15) is 0 Å². The van der Waals surface area contributed by atoms with E-state index in [4.69, 9.17) is 5.11 Å². The molecular weight excluding hydrogens is 212 g/mol. The second-order valence-corrected chi connectivity index (χ2v) is 3.02. The molecule has 86 valence electrons. The molecule has 6 heteroatoms. The van der Waals surface area contributed by atoms with Crippen LogP contribution in [0.1, 0.15) is 13.3 Å². The molecule has 16 heavy (non-hydrogen) atoms. The zero-order valence-corrected chi connectivity index (χ0v) is 8.79. The molecule has 1 aromatic heterocycles. The number of aliphatic hydroxyl groups is 1. The van der Waals surface area contributed by atoms with Crippen LogP contribution in [-0.2, 0) is 14.3 Å². The number of hydrogen-bond acceptors (Lipinski definition) is 5. The van der Waals surface area contributed by atoms with Gasteiger partial charge in [0.2, 0.25) is 0 Å². The summed E-state index contributed by atoms with van der Waals surface area (Å²) in [7, 11) is 0. The summed E-state index contributed by atoms with van der Waals surface area (Å²) in [6.45, 7) is 1.49. The number of hydrogen-bond donors (Lipinski definition) is 1. The molecule has 0 unspecified atom stereocenters. The Morgan fingerprint density at radius 2 is 2.38 bits per heavy atom. The molecule has 0 bridgehead atoms. The number of imidazole rings is 1. The van der Waals surface area contributed by atoms with E-state index in [1.54, 1.807) is 17.0 Å². The van der Waals surface area contributed by atoms with E-state index in [1.807, 2.05) is 0 Å². The van der Waals surface area contributed by atoms with Gasteiger partial charge in [0.15, 0.2) is 0 Å². The second-order valence-electron chi connectivity index (χ2n) is 3.02. The molecule has 0 fully saturated rings. The van der Waals surface area contributed by atoms with Crippen LogP contribution in [-0.4, -0.2) is 33.7 Å². The maximum atomic E-state index is 11.3. The van der Waals surface area contributed by atoms with Gasteiger partial charge < -0.3 is 14.4 Å². The maximum absolute atomic E-state index is 11.3. The third-order valence-electron chi connectivity index (χ3n) is 2.06. The van der Waals surface area contributed by atoms with Gasteiger partial charge in [-0.1, -0.05) is 0 Å². The van der Waals surface area contributed by atoms with E-state index in [0.29, 0.717) is 5.70 Å². The van der Waals surface area contributed by atoms with Gasteiger partial charge in [0, 0.05) is 31.1 Å². The Labute approximate surface area is 92.2 Å². The number of carbonyl (C=O) groups is 2. The quantitative estimate of drug-likeness (QED) is 0.334. The SMILES string of the molecule is CC(C(=O)OC=O)=C(CCO)n1ccnc1. The van der Waals surface area contributed by atoms with Gasteiger partial charge in [-0.25, -0.2) is 9.78 Å². The Kier molecular flexibility index (Phi) is 4.41. The van der Waals surface area contributed by atoms with Crippen LogP contribution in [0.3, 0.4) is 0 Å². The molecule has 1 heterocycles. The molecule has 0 amide bonds. The van der Waals surface area contributed by atoms with Crippen LogP contribution in [0.2, 0.25) is 0 Å². The summed E-state index contributed by atoms with van der Waals surface area (Å²) in [5, 5.41) is 8.91. The molecule has 0 aliphatic rings. The Morgan fingerprint density at radius 3 is 2.88 bits per heavy atom. The van der Waals surface area contributed by atoms with Crippen LogP contribution in [0.25, 0.3) is 5.70 Å². The molecule has 0 saturated carbocycles. The number of carbonyl (C=O) groups excluding carboxylic acids is 2. The summed E-state index contributed by atoms with van der Waals surface area (Å²) in [5.41, 5.74) is 0.811. The van der Waals surface area contributed by atoms with Gasteiger partial charge in [0.05, 0.1) is 11.9 Å². The molecule has 0 aliphatic heterocycles. The van der Waals surface area contributed by atoms with Crippen molar-refractivity contribution in [1.82, 2.24) is 9.55 Å². The Morgan fingerprint density at radius 1 is 1.62 bits per heavy atom. The maximum Gasteiger partial charge on any atom is 0.342 e. The lowest BCUT2D eigenvalue weighted by atomic mass is 10.2. The first-order valence-corrected chi connectivity index (χ1v) is 4.64. The van der Waals surface area contributed by atoms with Crippen molar-refractivity contribution in [3.05, 3.63) is 24.3 Å². The molecule has 0 saturated heterocycles. The van der Waals surface area contributed by atoms with E-state index in [1.165, 1.54) is 13.3 Å². The van der Waals surface area contributed by atoms with Gasteiger partial charge >= 0.3 is 12.4 Å². The molecular formula is C10H12N2O4. The van der Waals surface area contributed by atoms with Gasteiger partial charge in [-0.3, -0.25) is 4.79 Å². The standard InChI is InChI=1S/C10H12N2O4/c1-8(10(15)16-7-14)9(2-5-13)12-4-3-11-6-12/h3-4,6-7,13H,2,5H2,1H3. The molecule has 1 aromatic rings. The van der Waals surface area contributed by atoms with Crippen LogP contribution in [0.15, 0.2) is 24.3 Å². The Hall–Kier alpha value is -1.95. The van der Waals surface area contributed by atoms with Crippen molar-refractivity contribution in [2.45, 2.75) is 13.3 Å². The van der Waals surface area contributed by atoms with Crippen molar-refractivity contribution in [1.29, 1.82) is 0 Å². The second kappa shape index (κ2) is 5.82. The predicted molar refractivity (Wildman–Crippen MR) is 55.0 cm³/mol. The summed E-state index contributed by atoms with van der Waals surface area (Å²) < 4.78 is 5.83.